The maximum atomic E-state index is 12.5. The van der Waals surface area contributed by atoms with E-state index in [-0.39, 0.29) is 17.5 Å². The molecule has 142 valence electrons. The third-order valence-corrected chi connectivity index (χ3v) is 3.26. The van der Waals surface area contributed by atoms with Crippen LogP contribution in [0.25, 0.3) is 0 Å². The van der Waals surface area contributed by atoms with Crippen LogP contribution in [0, 0.1) is 0 Å². The van der Waals surface area contributed by atoms with Crippen LogP contribution in [0.5, 0.6) is 11.5 Å². The summed E-state index contributed by atoms with van der Waals surface area (Å²) in [5.74, 6) is 0.985. The van der Waals surface area contributed by atoms with E-state index in [0.29, 0.717) is 25.5 Å². The zero-order valence-corrected chi connectivity index (χ0v) is 15.1. The highest BCUT2D eigenvalue weighted by molar-refractivity contribution is 5.80. The molecule has 0 radical (unpaired) electrons. The smallest absolute Gasteiger partial charge is 0.387 e. The highest BCUT2D eigenvalue weighted by Crippen LogP contribution is 2.29. The first kappa shape index (κ1) is 21.0. The number of benzene rings is 1. The molecule has 1 rings (SSSR count). The number of rotatable bonds is 10. The summed E-state index contributed by atoms with van der Waals surface area (Å²) in [5.41, 5.74) is 0.834. The SMILES string of the molecule is CCNC(=NCCc1ccc(OC)c(OC(F)F)c1)NC(C)COC. The van der Waals surface area contributed by atoms with Crippen molar-refractivity contribution < 1.29 is 23.0 Å². The molecular weight excluding hydrogens is 332 g/mol. The van der Waals surface area contributed by atoms with Crippen LogP contribution in [0.1, 0.15) is 19.4 Å². The van der Waals surface area contributed by atoms with Crippen LogP contribution in [0.4, 0.5) is 8.78 Å². The van der Waals surface area contributed by atoms with Gasteiger partial charge < -0.3 is 24.8 Å². The van der Waals surface area contributed by atoms with E-state index in [1.807, 2.05) is 13.8 Å². The molecule has 1 aromatic rings. The van der Waals surface area contributed by atoms with Crippen LogP contribution in [0.15, 0.2) is 23.2 Å². The van der Waals surface area contributed by atoms with Gasteiger partial charge in [-0.2, -0.15) is 8.78 Å². The van der Waals surface area contributed by atoms with Crippen molar-refractivity contribution in [1.29, 1.82) is 0 Å². The molecule has 2 N–H and O–H groups in total. The van der Waals surface area contributed by atoms with E-state index in [1.54, 1.807) is 25.3 Å². The molecule has 1 aromatic carbocycles. The molecule has 0 saturated heterocycles. The van der Waals surface area contributed by atoms with Crippen LogP contribution >= 0.6 is 0 Å². The lowest BCUT2D eigenvalue weighted by Gasteiger charge is -2.17. The van der Waals surface area contributed by atoms with Crippen molar-refractivity contribution in [2.24, 2.45) is 4.99 Å². The standard InChI is InChI=1S/C17H27F2N3O3/c1-5-20-17(22-12(2)11-23-3)21-9-8-13-6-7-14(24-4)15(10-13)25-16(18)19/h6-7,10,12,16H,5,8-9,11H2,1-4H3,(H2,20,21,22). The predicted octanol–water partition coefficient (Wildman–Crippen LogP) is 2.43. The monoisotopic (exact) mass is 359 g/mol. The Bertz CT molecular complexity index is 542. The molecule has 0 fully saturated rings. The van der Waals surface area contributed by atoms with E-state index in [0.717, 1.165) is 12.1 Å². The van der Waals surface area contributed by atoms with E-state index in [2.05, 4.69) is 20.4 Å². The first-order valence-corrected chi connectivity index (χ1v) is 8.15. The second-order valence-electron chi connectivity index (χ2n) is 5.38. The van der Waals surface area contributed by atoms with E-state index < -0.39 is 6.61 Å². The van der Waals surface area contributed by atoms with Crippen LogP contribution in [0.3, 0.4) is 0 Å². The van der Waals surface area contributed by atoms with E-state index >= 15 is 0 Å². The number of hydrogen-bond acceptors (Lipinski definition) is 4. The van der Waals surface area contributed by atoms with Gasteiger partial charge in [-0.3, -0.25) is 4.99 Å². The van der Waals surface area contributed by atoms with E-state index in [1.165, 1.54) is 7.11 Å². The summed E-state index contributed by atoms with van der Waals surface area (Å²) < 4.78 is 39.5. The molecule has 6 nitrogen and oxygen atoms in total. The van der Waals surface area contributed by atoms with Crippen molar-refractivity contribution >= 4 is 5.96 Å². The topological polar surface area (TPSA) is 64.1 Å². The average molecular weight is 359 g/mol. The highest BCUT2D eigenvalue weighted by Gasteiger charge is 2.11. The Balaban J connectivity index is 2.70. The van der Waals surface area contributed by atoms with Gasteiger partial charge in [0, 0.05) is 26.2 Å². The zero-order valence-electron chi connectivity index (χ0n) is 15.1. The van der Waals surface area contributed by atoms with Gasteiger partial charge in [0.05, 0.1) is 13.7 Å². The Kier molecular flexibility index (Phi) is 9.61. The van der Waals surface area contributed by atoms with E-state index in [9.17, 15) is 8.78 Å². The lowest BCUT2D eigenvalue weighted by atomic mass is 10.1. The first-order valence-electron chi connectivity index (χ1n) is 8.15. The van der Waals surface area contributed by atoms with Gasteiger partial charge in [-0.15, -0.1) is 0 Å². The van der Waals surface area contributed by atoms with Crippen molar-refractivity contribution in [1.82, 2.24) is 10.6 Å². The largest absolute Gasteiger partial charge is 0.493 e. The number of alkyl halides is 2. The molecule has 8 heteroatoms. The van der Waals surface area contributed by atoms with Crippen LogP contribution in [-0.4, -0.2) is 52.5 Å². The summed E-state index contributed by atoms with van der Waals surface area (Å²) >= 11 is 0. The molecule has 0 aliphatic heterocycles. The number of ether oxygens (including phenoxy) is 3. The Hall–Kier alpha value is -2.09. The van der Waals surface area contributed by atoms with Crippen LogP contribution in [-0.2, 0) is 11.2 Å². The minimum atomic E-state index is -2.89. The number of halogens is 2. The number of nitrogens with zero attached hydrogens (tertiary/aromatic N) is 1. The number of methoxy groups -OCH3 is 2. The van der Waals surface area contributed by atoms with Gasteiger partial charge in [-0.1, -0.05) is 6.07 Å². The average Bonchev–Trinajstić information content (AvgIpc) is 2.55. The summed E-state index contributed by atoms with van der Waals surface area (Å²) in [6.07, 6.45) is 0.582. The molecule has 25 heavy (non-hydrogen) atoms. The lowest BCUT2D eigenvalue weighted by molar-refractivity contribution is -0.0512. The lowest BCUT2D eigenvalue weighted by Crippen LogP contribution is -2.44. The molecule has 1 unspecified atom stereocenters. The Labute approximate surface area is 147 Å². The summed E-state index contributed by atoms with van der Waals surface area (Å²) in [4.78, 5) is 4.48. The Morgan fingerprint density at radius 2 is 2.00 bits per heavy atom. The number of hydrogen-bond donors (Lipinski definition) is 2. The second-order valence-corrected chi connectivity index (χ2v) is 5.38. The fourth-order valence-electron chi connectivity index (χ4n) is 2.21. The molecule has 0 aromatic heterocycles. The minimum absolute atomic E-state index is 0.0257. The van der Waals surface area contributed by atoms with Gasteiger partial charge in [0.25, 0.3) is 0 Å². The summed E-state index contributed by atoms with van der Waals surface area (Å²) in [6, 6.07) is 5.09. The maximum Gasteiger partial charge on any atom is 0.387 e. The number of guanidine groups is 1. The van der Waals surface area contributed by atoms with Gasteiger partial charge in [0.2, 0.25) is 0 Å². The van der Waals surface area contributed by atoms with Gasteiger partial charge in [-0.05, 0) is 38.0 Å². The molecule has 0 bridgehead atoms. The summed E-state index contributed by atoms with van der Waals surface area (Å²) in [7, 11) is 3.05. The number of nitrogens with one attached hydrogen (secondary N) is 2. The van der Waals surface area contributed by atoms with Gasteiger partial charge >= 0.3 is 6.61 Å². The van der Waals surface area contributed by atoms with Crippen LogP contribution in [0.2, 0.25) is 0 Å². The molecule has 0 aliphatic carbocycles. The summed E-state index contributed by atoms with van der Waals surface area (Å²) in [6.45, 7) is 2.88. The highest BCUT2D eigenvalue weighted by atomic mass is 19.3. The molecular formula is C17H27F2N3O3. The number of aliphatic imine (C=N–C) groups is 1. The quantitative estimate of drug-likeness (QED) is 0.496. The van der Waals surface area contributed by atoms with Gasteiger partial charge in [0.15, 0.2) is 17.5 Å². The van der Waals surface area contributed by atoms with E-state index in [4.69, 9.17) is 9.47 Å². The second kappa shape index (κ2) is 11.5. The molecule has 0 aliphatic rings. The Morgan fingerprint density at radius 1 is 1.24 bits per heavy atom. The van der Waals surface area contributed by atoms with Crippen molar-refractivity contribution in [2.75, 3.05) is 33.9 Å². The predicted molar refractivity (Wildman–Crippen MR) is 93.8 cm³/mol. The third-order valence-electron chi connectivity index (χ3n) is 3.26. The van der Waals surface area contributed by atoms with Crippen molar-refractivity contribution in [2.45, 2.75) is 32.9 Å². The van der Waals surface area contributed by atoms with Gasteiger partial charge in [-0.25, -0.2) is 0 Å². The molecule has 0 amide bonds. The van der Waals surface area contributed by atoms with Crippen molar-refractivity contribution in [3.05, 3.63) is 23.8 Å². The fraction of sp³-hybridized carbons (Fsp3) is 0.588. The maximum absolute atomic E-state index is 12.5. The minimum Gasteiger partial charge on any atom is -0.493 e. The fourth-order valence-corrected chi connectivity index (χ4v) is 2.21. The first-order chi connectivity index (χ1) is 12.0. The van der Waals surface area contributed by atoms with Crippen molar-refractivity contribution in [3.63, 3.8) is 0 Å². The molecule has 0 saturated carbocycles. The van der Waals surface area contributed by atoms with Gasteiger partial charge in [0.1, 0.15) is 0 Å². The molecule has 1 atom stereocenters. The van der Waals surface area contributed by atoms with Crippen LogP contribution < -0.4 is 20.1 Å². The third kappa shape index (κ3) is 8.02. The zero-order chi connectivity index (χ0) is 18.7. The van der Waals surface area contributed by atoms with Crippen molar-refractivity contribution in [3.8, 4) is 11.5 Å². The Morgan fingerprint density at radius 3 is 2.60 bits per heavy atom. The molecule has 0 heterocycles. The normalized spacial score (nSPS) is 12.8. The summed E-state index contributed by atoms with van der Waals surface area (Å²) in [5, 5.41) is 6.38. The molecule has 0 spiro atoms.